The smallest absolute Gasteiger partial charge is 0.319 e. The molecule has 22 heavy (non-hydrogen) atoms. The van der Waals surface area contributed by atoms with E-state index in [0.717, 1.165) is 30.0 Å². The first-order chi connectivity index (χ1) is 10.7. The molecule has 118 valence electrons. The Morgan fingerprint density at radius 1 is 1.41 bits per heavy atom. The van der Waals surface area contributed by atoms with Crippen LogP contribution >= 0.6 is 0 Å². The third-order valence-corrected chi connectivity index (χ3v) is 3.19. The molecule has 0 bridgehead atoms. The number of carbonyl (C=O) groups is 1. The Bertz CT molecular complexity index is 596. The number of imidazole rings is 1. The number of aromatic nitrogens is 2. The van der Waals surface area contributed by atoms with Crippen molar-refractivity contribution in [1.29, 1.82) is 0 Å². The zero-order valence-electron chi connectivity index (χ0n) is 13.0. The molecule has 0 fully saturated rings. The minimum Gasteiger partial charge on any atom is -0.494 e. The van der Waals surface area contributed by atoms with E-state index in [-0.39, 0.29) is 6.03 Å². The van der Waals surface area contributed by atoms with Crippen molar-refractivity contribution in [1.82, 2.24) is 14.9 Å². The molecule has 0 saturated heterocycles. The van der Waals surface area contributed by atoms with E-state index in [4.69, 9.17) is 4.74 Å². The van der Waals surface area contributed by atoms with Gasteiger partial charge in [-0.2, -0.15) is 0 Å². The summed E-state index contributed by atoms with van der Waals surface area (Å²) in [5.74, 6) is 0.811. The zero-order chi connectivity index (χ0) is 15.8. The van der Waals surface area contributed by atoms with Crippen molar-refractivity contribution >= 4 is 11.7 Å². The molecule has 0 unspecified atom stereocenters. The second kappa shape index (κ2) is 8.07. The molecule has 1 aromatic heterocycles. The summed E-state index contributed by atoms with van der Waals surface area (Å²) in [7, 11) is 0. The van der Waals surface area contributed by atoms with Gasteiger partial charge in [0.25, 0.3) is 0 Å². The van der Waals surface area contributed by atoms with Gasteiger partial charge in [-0.1, -0.05) is 0 Å². The van der Waals surface area contributed by atoms with Gasteiger partial charge in [-0.05, 0) is 44.0 Å². The molecule has 0 saturated carbocycles. The molecule has 2 N–H and O–H groups in total. The minimum atomic E-state index is -0.196. The fraction of sp³-hybridized carbons (Fsp3) is 0.375. The summed E-state index contributed by atoms with van der Waals surface area (Å²) in [6, 6.07) is 5.42. The highest BCUT2D eigenvalue weighted by molar-refractivity contribution is 5.90. The number of rotatable bonds is 7. The Morgan fingerprint density at radius 2 is 2.27 bits per heavy atom. The first-order valence-corrected chi connectivity index (χ1v) is 7.43. The summed E-state index contributed by atoms with van der Waals surface area (Å²) >= 11 is 0. The summed E-state index contributed by atoms with van der Waals surface area (Å²) in [5, 5.41) is 5.69. The summed E-state index contributed by atoms with van der Waals surface area (Å²) < 4.78 is 7.41. The maximum absolute atomic E-state index is 11.9. The summed E-state index contributed by atoms with van der Waals surface area (Å²) in [6.07, 6.45) is 6.27. The van der Waals surface area contributed by atoms with Crippen molar-refractivity contribution in [2.75, 3.05) is 18.5 Å². The number of nitrogens with zero attached hydrogens (tertiary/aromatic N) is 2. The average Bonchev–Trinajstić information content (AvgIpc) is 3.00. The fourth-order valence-corrected chi connectivity index (χ4v) is 2.08. The van der Waals surface area contributed by atoms with Crippen LogP contribution in [0.1, 0.15) is 18.9 Å². The molecule has 2 rings (SSSR count). The Balaban J connectivity index is 1.74. The lowest BCUT2D eigenvalue weighted by Gasteiger charge is -2.11. The van der Waals surface area contributed by atoms with Gasteiger partial charge in [0.15, 0.2) is 0 Å². The van der Waals surface area contributed by atoms with Crippen molar-refractivity contribution in [2.45, 2.75) is 26.8 Å². The molecule has 6 heteroatoms. The van der Waals surface area contributed by atoms with Gasteiger partial charge < -0.3 is 19.9 Å². The van der Waals surface area contributed by atoms with E-state index < -0.39 is 0 Å². The number of ether oxygens (including phenoxy) is 1. The first-order valence-electron chi connectivity index (χ1n) is 7.43. The maximum atomic E-state index is 11.9. The minimum absolute atomic E-state index is 0.196. The second-order valence-corrected chi connectivity index (χ2v) is 4.94. The molecule has 1 heterocycles. The van der Waals surface area contributed by atoms with Crippen molar-refractivity contribution in [2.24, 2.45) is 0 Å². The number of aryl methyl sites for hydroxylation is 2. The topological polar surface area (TPSA) is 68.2 Å². The van der Waals surface area contributed by atoms with Crippen LogP contribution in [0.4, 0.5) is 10.5 Å². The van der Waals surface area contributed by atoms with Gasteiger partial charge in [-0.15, -0.1) is 0 Å². The van der Waals surface area contributed by atoms with Gasteiger partial charge >= 0.3 is 6.03 Å². The number of anilines is 1. The van der Waals surface area contributed by atoms with E-state index in [1.165, 1.54) is 0 Å². The number of hydrogen-bond donors (Lipinski definition) is 2. The normalized spacial score (nSPS) is 10.3. The van der Waals surface area contributed by atoms with Crippen molar-refractivity contribution in [3.05, 3.63) is 42.5 Å². The summed E-state index contributed by atoms with van der Waals surface area (Å²) in [5.41, 5.74) is 1.76. The maximum Gasteiger partial charge on any atom is 0.319 e. The molecule has 0 aliphatic carbocycles. The van der Waals surface area contributed by atoms with Crippen molar-refractivity contribution in [3.8, 4) is 5.75 Å². The van der Waals surface area contributed by atoms with Crippen LogP contribution in [0.2, 0.25) is 0 Å². The molecular weight excluding hydrogens is 280 g/mol. The zero-order valence-corrected chi connectivity index (χ0v) is 13.0. The quantitative estimate of drug-likeness (QED) is 0.773. The summed E-state index contributed by atoms with van der Waals surface area (Å²) in [4.78, 5) is 15.8. The van der Waals surface area contributed by atoms with E-state index in [1.807, 2.05) is 42.8 Å². The molecule has 0 spiro atoms. The monoisotopic (exact) mass is 302 g/mol. The molecule has 0 aliphatic rings. The first kappa shape index (κ1) is 15.9. The van der Waals surface area contributed by atoms with Gasteiger partial charge in [0, 0.05) is 31.2 Å². The fourth-order valence-electron chi connectivity index (χ4n) is 2.08. The molecule has 0 radical (unpaired) electrons. The van der Waals surface area contributed by atoms with E-state index >= 15 is 0 Å². The standard InChI is InChI=1S/C16H22N4O2/c1-3-22-14-5-6-15(13(2)11-14)19-16(21)18-7-4-9-20-10-8-17-12-20/h5-6,8,10-12H,3-4,7,9H2,1-2H3,(H2,18,19,21). The molecule has 6 nitrogen and oxygen atoms in total. The van der Waals surface area contributed by atoms with Crippen molar-refractivity contribution in [3.63, 3.8) is 0 Å². The van der Waals surface area contributed by atoms with Gasteiger partial charge in [0.1, 0.15) is 5.75 Å². The lowest BCUT2D eigenvalue weighted by molar-refractivity contribution is 0.252. The highest BCUT2D eigenvalue weighted by atomic mass is 16.5. The van der Waals surface area contributed by atoms with Gasteiger partial charge in [-0.3, -0.25) is 0 Å². The largest absolute Gasteiger partial charge is 0.494 e. The number of urea groups is 1. The number of carbonyl (C=O) groups excluding carboxylic acids is 1. The van der Waals surface area contributed by atoms with Gasteiger partial charge in [0.05, 0.1) is 12.9 Å². The predicted molar refractivity (Wildman–Crippen MR) is 86.2 cm³/mol. The number of nitrogens with one attached hydrogen (secondary N) is 2. The highest BCUT2D eigenvalue weighted by Gasteiger charge is 2.05. The van der Waals surface area contributed by atoms with Gasteiger partial charge in [0.2, 0.25) is 0 Å². The second-order valence-electron chi connectivity index (χ2n) is 4.94. The molecule has 1 aromatic carbocycles. The summed E-state index contributed by atoms with van der Waals surface area (Å²) in [6.45, 7) is 5.96. The van der Waals surface area contributed by atoms with Crippen LogP contribution in [0.25, 0.3) is 0 Å². The van der Waals surface area contributed by atoms with Gasteiger partial charge in [-0.25, -0.2) is 9.78 Å². The van der Waals surface area contributed by atoms with Crippen molar-refractivity contribution < 1.29 is 9.53 Å². The Hall–Kier alpha value is -2.50. The average molecular weight is 302 g/mol. The Morgan fingerprint density at radius 3 is 2.95 bits per heavy atom. The van der Waals surface area contributed by atoms with Crippen LogP contribution in [0, 0.1) is 6.92 Å². The predicted octanol–water partition coefficient (Wildman–Crippen LogP) is 2.80. The lowest BCUT2D eigenvalue weighted by Crippen LogP contribution is -2.30. The third kappa shape index (κ3) is 4.80. The third-order valence-electron chi connectivity index (χ3n) is 3.19. The van der Waals surface area contributed by atoms with Crippen LogP contribution < -0.4 is 15.4 Å². The number of benzene rings is 1. The molecule has 0 aliphatic heterocycles. The highest BCUT2D eigenvalue weighted by Crippen LogP contribution is 2.21. The molecular formula is C16H22N4O2. The van der Waals surface area contributed by atoms with Crippen LogP contribution in [-0.4, -0.2) is 28.7 Å². The molecule has 2 amide bonds. The van der Waals surface area contributed by atoms with E-state index in [2.05, 4.69) is 15.6 Å². The van der Waals surface area contributed by atoms with E-state index in [1.54, 1.807) is 12.5 Å². The number of amides is 2. The van der Waals surface area contributed by atoms with E-state index in [0.29, 0.717) is 13.2 Å². The molecule has 0 atom stereocenters. The Labute approximate surface area is 130 Å². The Kier molecular flexibility index (Phi) is 5.82. The van der Waals surface area contributed by atoms with Crippen LogP contribution in [0.3, 0.4) is 0 Å². The molecule has 2 aromatic rings. The number of hydrogen-bond acceptors (Lipinski definition) is 3. The van der Waals surface area contributed by atoms with E-state index in [9.17, 15) is 4.79 Å². The van der Waals surface area contributed by atoms with Crippen LogP contribution in [0.5, 0.6) is 5.75 Å². The lowest BCUT2D eigenvalue weighted by atomic mass is 10.2. The van der Waals surface area contributed by atoms with Crippen LogP contribution in [-0.2, 0) is 6.54 Å². The van der Waals surface area contributed by atoms with Crippen LogP contribution in [0.15, 0.2) is 36.9 Å². The SMILES string of the molecule is CCOc1ccc(NC(=O)NCCCn2ccnc2)c(C)c1.